The molecule has 96 valence electrons. The predicted octanol–water partition coefficient (Wildman–Crippen LogP) is 0.730. The molecule has 0 radical (unpaired) electrons. The summed E-state index contributed by atoms with van der Waals surface area (Å²) >= 11 is 0. The molecule has 4 nitrogen and oxygen atoms in total. The van der Waals surface area contributed by atoms with Gasteiger partial charge in [-0.1, -0.05) is 12.1 Å². The molecule has 2 heterocycles. The largest absolute Gasteiger partial charge is 0.309 e. The van der Waals surface area contributed by atoms with Crippen LogP contribution >= 0.6 is 0 Å². The Labute approximate surface area is 105 Å². The van der Waals surface area contributed by atoms with Crippen LogP contribution in [0.4, 0.5) is 4.39 Å². The first-order valence-electron chi connectivity index (χ1n) is 5.74. The fraction of sp³-hybridized carbons (Fsp3) is 0.333. The number of sulfonamides is 1. The van der Waals surface area contributed by atoms with Gasteiger partial charge in [0.15, 0.2) is 0 Å². The lowest BCUT2D eigenvalue weighted by molar-refractivity contribution is 0.466. The van der Waals surface area contributed by atoms with Crippen LogP contribution in [-0.2, 0) is 10.0 Å². The lowest BCUT2D eigenvalue weighted by Gasteiger charge is -2.18. The normalized spacial score (nSPS) is 20.5. The second kappa shape index (κ2) is 4.15. The van der Waals surface area contributed by atoms with Crippen molar-refractivity contribution in [3.05, 3.63) is 41.2 Å². The van der Waals surface area contributed by atoms with E-state index in [-0.39, 0.29) is 4.90 Å². The fourth-order valence-corrected chi connectivity index (χ4v) is 3.89. The van der Waals surface area contributed by atoms with Crippen LogP contribution in [0.1, 0.15) is 0 Å². The molecule has 0 amide bonds. The number of hydrogen-bond donors (Lipinski definition) is 1. The highest BCUT2D eigenvalue weighted by Gasteiger charge is 2.34. The molecule has 0 saturated carbocycles. The smallest absolute Gasteiger partial charge is 0.246 e. The van der Waals surface area contributed by atoms with Crippen LogP contribution in [0.2, 0.25) is 0 Å². The minimum absolute atomic E-state index is 0.237. The summed E-state index contributed by atoms with van der Waals surface area (Å²) in [5.74, 6) is -0.692. The zero-order valence-electron chi connectivity index (χ0n) is 9.69. The van der Waals surface area contributed by atoms with Crippen LogP contribution in [0.25, 0.3) is 0 Å². The molecule has 0 fully saturated rings. The molecule has 6 heteroatoms. The van der Waals surface area contributed by atoms with Crippen molar-refractivity contribution in [2.24, 2.45) is 0 Å². The van der Waals surface area contributed by atoms with E-state index in [4.69, 9.17) is 0 Å². The van der Waals surface area contributed by atoms with Crippen molar-refractivity contribution in [3.63, 3.8) is 0 Å². The highest BCUT2D eigenvalue weighted by molar-refractivity contribution is 7.89. The molecule has 0 atom stereocenters. The molecule has 2 aliphatic rings. The van der Waals surface area contributed by atoms with Crippen molar-refractivity contribution in [2.45, 2.75) is 4.90 Å². The maximum Gasteiger partial charge on any atom is 0.246 e. The molecule has 1 aromatic carbocycles. The van der Waals surface area contributed by atoms with E-state index in [1.54, 1.807) is 0 Å². The van der Waals surface area contributed by atoms with Crippen molar-refractivity contribution >= 4 is 10.0 Å². The van der Waals surface area contributed by atoms with Crippen molar-refractivity contribution < 1.29 is 12.8 Å². The monoisotopic (exact) mass is 268 g/mol. The van der Waals surface area contributed by atoms with E-state index in [1.165, 1.54) is 28.6 Å². The highest BCUT2D eigenvalue weighted by atomic mass is 32.2. The molecule has 2 aliphatic heterocycles. The molecule has 0 saturated heterocycles. The molecule has 0 unspecified atom stereocenters. The van der Waals surface area contributed by atoms with Crippen molar-refractivity contribution in [1.29, 1.82) is 0 Å². The zero-order chi connectivity index (χ0) is 12.8. The maximum atomic E-state index is 13.6. The Morgan fingerprint density at radius 3 is 2.33 bits per heavy atom. The van der Waals surface area contributed by atoms with Gasteiger partial charge in [-0.05, 0) is 23.3 Å². The predicted molar refractivity (Wildman–Crippen MR) is 65.1 cm³/mol. The SMILES string of the molecule is O=S(=O)(c1ccccc1F)N1CC2=C(CNC2)C1. The van der Waals surface area contributed by atoms with Crippen LogP contribution in [0.3, 0.4) is 0 Å². The van der Waals surface area contributed by atoms with E-state index < -0.39 is 15.8 Å². The summed E-state index contributed by atoms with van der Waals surface area (Å²) in [6.07, 6.45) is 0. The number of nitrogens with one attached hydrogen (secondary N) is 1. The summed E-state index contributed by atoms with van der Waals surface area (Å²) in [5.41, 5.74) is 2.24. The molecule has 1 N–H and O–H groups in total. The van der Waals surface area contributed by atoms with Gasteiger partial charge in [0.2, 0.25) is 10.0 Å². The molecule has 0 bridgehead atoms. The summed E-state index contributed by atoms with van der Waals surface area (Å²) in [4.78, 5) is -0.237. The third-order valence-electron chi connectivity index (χ3n) is 3.37. The third kappa shape index (κ3) is 1.77. The third-order valence-corrected chi connectivity index (χ3v) is 5.19. The average molecular weight is 268 g/mol. The summed E-state index contributed by atoms with van der Waals surface area (Å²) in [6.45, 7) is 2.22. The van der Waals surface area contributed by atoms with Gasteiger partial charge in [-0.3, -0.25) is 0 Å². The topological polar surface area (TPSA) is 49.4 Å². The van der Waals surface area contributed by atoms with Gasteiger partial charge in [-0.15, -0.1) is 0 Å². The summed E-state index contributed by atoms with van der Waals surface area (Å²) in [7, 11) is -3.72. The van der Waals surface area contributed by atoms with Gasteiger partial charge < -0.3 is 5.32 Å². The molecule has 0 spiro atoms. The van der Waals surface area contributed by atoms with E-state index in [2.05, 4.69) is 5.32 Å². The first-order valence-corrected chi connectivity index (χ1v) is 7.18. The Morgan fingerprint density at radius 2 is 1.72 bits per heavy atom. The minimum Gasteiger partial charge on any atom is -0.309 e. The van der Waals surface area contributed by atoms with E-state index in [0.717, 1.165) is 24.2 Å². The van der Waals surface area contributed by atoms with Crippen molar-refractivity contribution in [2.75, 3.05) is 26.2 Å². The van der Waals surface area contributed by atoms with Crippen LogP contribution < -0.4 is 5.32 Å². The van der Waals surface area contributed by atoms with Gasteiger partial charge in [-0.25, -0.2) is 12.8 Å². The van der Waals surface area contributed by atoms with E-state index in [1.807, 2.05) is 0 Å². The van der Waals surface area contributed by atoms with E-state index in [0.29, 0.717) is 13.1 Å². The first-order chi connectivity index (χ1) is 8.59. The quantitative estimate of drug-likeness (QED) is 0.805. The van der Waals surface area contributed by atoms with Crippen LogP contribution in [0, 0.1) is 5.82 Å². The second-order valence-electron chi connectivity index (χ2n) is 4.51. The van der Waals surface area contributed by atoms with Gasteiger partial charge in [-0.2, -0.15) is 4.31 Å². The highest BCUT2D eigenvalue weighted by Crippen LogP contribution is 2.27. The van der Waals surface area contributed by atoms with Gasteiger partial charge in [0.1, 0.15) is 10.7 Å². The number of nitrogens with zero attached hydrogens (tertiary/aromatic N) is 1. The van der Waals surface area contributed by atoms with Crippen LogP contribution in [0.15, 0.2) is 40.3 Å². The number of halogens is 1. The zero-order valence-corrected chi connectivity index (χ0v) is 10.5. The standard InChI is InChI=1S/C12H13FN2O2S/c13-11-3-1-2-4-12(11)18(16,17)15-7-9-5-14-6-10(9)8-15/h1-4,14H,5-8H2. The number of hydrogen-bond acceptors (Lipinski definition) is 3. The lowest BCUT2D eigenvalue weighted by Crippen LogP contribution is -2.33. The van der Waals surface area contributed by atoms with E-state index >= 15 is 0 Å². The Balaban J connectivity index is 1.92. The average Bonchev–Trinajstić information content (AvgIpc) is 2.89. The summed E-state index contributed by atoms with van der Waals surface area (Å²) < 4.78 is 39.6. The Hall–Kier alpha value is -1.24. The van der Waals surface area contributed by atoms with Crippen molar-refractivity contribution in [3.8, 4) is 0 Å². The van der Waals surface area contributed by atoms with Gasteiger partial charge in [0.05, 0.1) is 0 Å². The van der Waals surface area contributed by atoms with E-state index in [9.17, 15) is 12.8 Å². The minimum atomic E-state index is -3.72. The number of rotatable bonds is 2. The van der Waals surface area contributed by atoms with Gasteiger partial charge >= 0.3 is 0 Å². The molecule has 3 rings (SSSR count). The molecular weight excluding hydrogens is 255 g/mol. The summed E-state index contributed by atoms with van der Waals surface area (Å²) in [6, 6.07) is 5.51. The second-order valence-corrected chi connectivity index (χ2v) is 6.42. The first kappa shape index (κ1) is 11.8. The molecule has 0 aliphatic carbocycles. The Morgan fingerprint density at radius 1 is 1.11 bits per heavy atom. The molecule has 18 heavy (non-hydrogen) atoms. The molecule has 0 aromatic heterocycles. The van der Waals surface area contributed by atoms with Gasteiger partial charge in [0.25, 0.3) is 0 Å². The summed E-state index contributed by atoms with van der Waals surface area (Å²) in [5, 5.41) is 3.18. The van der Waals surface area contributed by atoms with Crippen LogP contribution in [-0.4, -0.2) is 38.9 Å². The number of benzene rings is 1. The molecular formula is C12H13FN2O2S. The van der Waals surface area contributed by atoms with Crippen LogP contribution in [0.5, 0.6) is 0 Å². The fourth-order valence-electron chi connectivity index (χ4n) is 2.39. The Kier molecular flexibility index (Phi) is 2.73. The van der Waals surface area contributed by atoms with Crippen molar-refractivity contribution in [1.82, 2.24) is 9.62 Å². The maximum absolute atomic E-state index is 13.6. The molecule has 1 aromatic rings. The lowest BCUT2D eigenvalue weighted by atomic mass is 10.2. The van der Waals surface area contributed by atoms with Gasteiger partial charge in [0, 0.05) is 26.2 Å². The Bertz CT molecular complexity index is 609.